The number of hydrogen-bond acceptors (Lipinski definition) is 29. The van der Waals surface area contributed by atoms with E-state index >= 15 is 0 Å². The lowest BCUT2D eigenvalue weighted by molar-refractivity contribution is 0.247. The molecule has 2 unspecified atom stereocenters. The summed E-state index contributed by atoms with van der Waals surface area (Å²) in [6.07, 6.45) is 35.7. The lowest BCUT2D eigenvalue weighted by Crippen LogP contribution is -2.45. The Bertz CT molecular complexity index is 3140. The van der Waals surface area contributed by atoms with Gasteiger partial charge in [-0.2, -0.15) is 0 Å². The van der Waals surface area contributed by atoms with Gasteiger partial charge in [0.1, 0.15) is 0 Å². The second-order valence-electron chi connectivity index (χ2n) is 30.7. The van der Waals surface area contributed by atoms with Crippen LogP contribution in [0.2, 0.25) is 0 Å². The van der Waals surface area contributed by atoms with Crippen LogP contribution in [0.15, 0.2) is 189 Å². The first-order valence-corrected chi connectivity index (χ1v) is 46.9. The summed E-state index contributed by atoms with van der Waals surface area (Å²) in [5, 5.41) is 68.9. The Labute approximate surface area is 746 Å². The minimum Gasteiger partial charge on any atom is -0.329 e. The number of nitrogens with two attached hydrogens (primary N) is 1. The molecule has 9 aliphatic heterocycles. The van der Waals surface area contributed by atoms with Gasteiger partial charge in [-0.25, -0.2) is 0 Å². The molecule has 0 bridgehead atoms. The molecule has 8 saturated heterocycles. The summed E-state index contributed by atoms with van der Waals surface area (Å²) in [7, 11) is 0. The molecule has 0 radical (unpaired) electrons. The molecule has 16 heterocycles. The van der Waals surface area contributed by atoms with Gasteiger partial charge in [-0.3, -0.25) is 39.8 Å². The first-order valence-electron chi connectivity index (χ1n) is 46.9. The van der Waals surface area contributed by atoms with Gasteiger partial charge in [0.05, 0.1) is 22.4 Å². The number of pyridine rings is 7. The fourth-order valence-electron chi connectivity index (χ4n) is 13.1. The number of nitrogens with zero attached hydrogens (tertiary/aromatic N) is 8. The number of piperazine rings is 2. The Morgan fingerprint density at radius 2 is 0.516 bits per heavy atom. The van der Waals surface area contributed by atoms with E-state index in [2.05, 4.69) is 221 Å². The van der Waals surface area contributed by atoms with Crippen molar-refractivity contribution in [3.63, 3.8) is 0 Å². The van der Waals surface area contributed by atoms with Gasteiger partial charge < -0.3 is 112 Å². The number of fused-ring (bicyclic) bond motifs is 3. The number of aryl methyl sites for hydroxylation is 2. The summed E-state index contributed by atoms with van der Waals surface area (Å²) in [5.74, 6) is 0. The number of aromatic nitrogens is 7. The van der Waals surface area contributed by atoms with Gasteiger partial charge in [0, 0.05) is 320 Å². The second kappa shape index (κ2) is 82.6. The monoisotopic (exact) mass is 1710 g/mol. The average molecular weight is 1710 g/mol. The Morgan fingerprint density at radius 3 is 0.734 bits per heavy atom. The Morgan fingerprint density at radius 1 is 0.258 bits per heavy atom. The molecule has 0 saturated carbocycles. The first-order chi connectivity index (χ1) is 61.6. The van der Waals surface area contributed by atoms with E-state index in [1.165, 1.54) is 102 Å². The van der Waals surface area contributed by atoms with Crippen LogP contribution in [-0.2, 0) is 12.8 Å². The van der Waals surface area contributed by atoms with E-state index in [1.54, 1.807) is 37.2 Å². The van der Waals surface area contributed by atoms with Crippen LogP contribution in [0.5, 0.6) is 0 Å². The highest BCUT2D eigenvalue weighted by Crippen LogP contribution is 2.21. The van der Waals surface area contributed by atoms with E-state index in [9.17, 15) is 0 Å². The van der Waals surface area contributed by atoms with Gasteiger partial charge in [-0.15, -0.1) is 0 Å². The highest BCUT2D eigenvalue weighted by molar-refractivity contribution is 6.02. The number of rotatable bonds is 6. The van der Waals surface area contributed by atoms with Crippen molar-refractivity contribution >= 4 is 21.8 Å². The molecule has 124 heavy (non-hydrogen) atoms. The first kappa shape index (κ1) is 107. The molecule has 690 valence electrons. The Hall–Kier alpha value is -7.35. The summed E-state index contributed by atoms with van der Waals surface area (Å²) >= 11 is 0. The maximum absolute atomic E-state index is 5.40. The smallest absolute Gasteiger partial charge is 0.0964 e. The largest absolute Gasteiger partial charge is 0.329 e. The van der Waals surface area contributed by atoms with Crippen LogP contribution in [0.25, 0.3) is 33.2 Å². The maximum Gasteiger partial charge on any atom is 0.0964 e. The van der Waals surface area contributed by atoms with E-state index in [-0.39, 0.29) is 0 Å². The normalized spacial score (nSPS) is 19.5. The van der Waals surface area contributed by atoms with Crippen LogP contribution in [-0.4, -0.2) is 327 Å². The van der Waals surface area contributed by atoms with Crippen molar-refractivity contribution < 1.29 is 0 Å². The Balaban J connectivity index is 0.000000242. The predicted octanol–water partition coefficient (Wildman–Crippen LogP) is 3.78. The van der Waals surface area contributed by atoms with Gasteiger partial charge in [0.2, 0.25) is 0 Å². The van der Waals surface area contributed by atoms with E-state index in [4.69, 9.17) is 5.73 Å². The van der Waals surface area contributed by atoms with Crippen molar-refractivity contribution in [1.29, 1.82) is 0 Å². The van der Waals surface area contributed by atoms with Gasteiger partial charge in [-0.05, 0) is 188 Å². The lowest BCUT2D eigenvalue weighted by atomic mass is 10.1. The maximum atomic E-state index is 5.40. The SMILES string of the molecule is C1CCNC1.C1CCNCC1.C1CCNCC1.C1CNCCN1.C1CNCCNCCN1.C1CNCCNCCNCCN1.C1CNCCNCCNCCNCCNCCN1.CC1C=CC(C)N1.NCCN1CCNCC1.c1cc(CCc2ccncc2)ccn1.c1ccc(-c2ccccn2)nc1.c1ccncc1.c1cnc2c(c1)ccc1cccnc12. The van der Waals surface area contributed by atoms with Crippen LogP contribution in [0, 0.1) is 0 Å². The molecule has 0 spiro atoms. The summed E-state index contributed by atoms with van der Waals surface area (Å²) in [6.45, 7) is 50.5. The van der Waals surface area contributed by atoms with Crippen molar-refractivity contribution in [3.8, 4) is 11.4 Å². The number of benzene rings is 1. The fourth-order valence-corrected chi connectivity index (χ4v) is 13.1. The molecular weight excluding hydrogens is 1550 g/mol. The van der Waals surface area contributed by atoms with Crippen LogP contribution < -0.4 is 112 Å². The van der Waals surface area contributed by atoms with Gasteiger partial charge >= 0.3 is 0 Å². The zero-order valence-electron chi connectivity index (χ0n) is 76.0. The summed E-state index contributed by atoms with van der Waals surface area (Å²) in [6, 6.07) is 38.9. The number of nitrogens with one attached hydrogen (secondary N) is 20. The zero-order valence-corrected chi connectivity index (χ0v) is 76.0. The predicted molar refractivity (Wildman–Crippen MR) is 523 cm³/mol. The van der Waals surface area contributed by atoms with Crippen molar-refractivity contribution in [3.05, 3.63) is 201 Å². The van der Waals surface area contributed by atoms with E-state index in [1.807, 2.05) is 91.5 Å². The van der Waals surface area contributed by atoms with E-state index in [0.717, 1.165) is 282 Å². The number of piperidine rings is 2. The van der Waals surface area contributed by atoms with Crippen LogP contribution in [0.4, 0.5) is 0 Å². The molecule has 8 fully saturated rings. The average Bonchev–Trinajstić information content (AvgIpc) is 1.09. The summed E-state index contributed by atoms with van der Waals surface area (Å²) < 4.78 is 0. The molecule has 7 aromatic heterocycles. The van der Waals surface area contributed by atoms with Crippen molar-refractivity contribution in [2.24, 2.45) is 5.73 Å². The van der Waals surface area contributed by atoms with Crippen LogP contribution >= 0.6 is 0 Å². The molecule has 9 aliphatic rings. The van der Waals surface area contributed by atoms with Crippen molar-refractivity contribution in [1.82, 2.24) is 146 Å². The fraction of sp³-hybridized carbons (Fsp3) is 0.589. The minimum atomic E-state index is 0.593. The van der Waals surface area contributed by atoms with Gasteiger partial charge in [-0.1, -0.05) is 67.5 Å². The molecule has 2 atom stereocenters. The van der Waals surface area contributed by atoms with Crippen LogP contribution in [0.3, 0.4) is 0 Å². The topological polar surface area (TPSA) is 360 Å². The highest BCUT2D eigenvalue weighted by atomic mass is 15.2. The Kier molecular flexibility index (Phi) is 71.4. The quantitative estimate of drug-likeness (QED) is 0.0832. The van der Waals surface area contributed by atoms with Crippen molar-refractivity contribution in [2.45, 2.75) is 90.1 Å². The van der Waals surface area contributed by atoms with Crippen molar-refractivity contribution in [2.75, 3.05) is 275 Å². The highest BCUT2D eigenvalue weighted by Gasteiger charge is 2.09. The third-order valence-electron chi connectivity index (χ3n) is 20.1. The molecule has 1 aromatic carbocycles. The molecule has 22 N–H and O–H groups in total. The third-order valence-corrected chi connectivity index (χ3v) is 20.1. The lowest BCUT2D eigenvalue weighted by Gasteiger charge is -2.26. The van der Waals surface area contributed by atoms with Crippen LogP contribution in [0.1, 0.15) is 76.3 Å². The zero-order chi connectivity index (χ0) is 87.1. The van der Waals surface area contributed by atoms with Gasteiger partial charge in [0.15, 0.2) is 0 Å². The second-order valence-corrected chi connectivity index (χ2v) is 30.7. The molecule has 0 amide bonds. The molecule has 29 nitrogen and oxygen atoms in total. The minimum absolute atomic E-state index is 0.593. The molecule has 17 rings (SSSR count). The van der Waals surface area contributed by atoms with E-state index < -0.39 is 0 Å². The summed E-state index contributed by atoms with van der Waals surface area (Å²) in [4.78, 5) is 31.2. The molecule has 8 aromatic rings. The summed E-state index contributed by atoms with van der Waals surface area (Å²) in [5.41, 5.74) is 11.8. The van der Waals surface area contributed by atoms with Gasteiger partial charge in [0.25, 0.3) is 0 Å². The molecular formula is C95H165N29. The molecule has 29 heteroatoms. The van der Waals surface area contributed by atoms with E-state index in [0.29, 0.717) is 12.1 Å². The third kappa shape index (κ3) is 63.6. The standard InChI is InChI=1S/C12H30N6.C12H8N2.C12H12N2.C10H8N2.C8H20N4.2C6H15N3.C6H11N.2C5H11N.C5H5N.C4H10N2.C4H9N/c1-2-14-5-6-16-9-10-18-12-11-17-8-7-15-4-3-13-1;1-3-9-5-6-10-4-2-8-14-12(10)11(9)13-7-1;1(11-3-7-13-8-4-11)2-12-5-9-14-10-6-12;1-3-7-11-9(5-1)10-6-2-4-8-12-10;1-2-10-5-6-12-8-7-11-4-3-9-1;7-1-4-9-5-2-8-3-6-9;1-2-8-5-6-9-4-3-7-1;1-5-3-4-6(2)7-5;3*1-2-4-6-5-3-1;1-2-6-4-3-5-1;1-2-4-5-3-1/h13-18H,1-12H2;1-8H;3-10H,1-2H2;1-8H;9-12H,1-8H2;8H,1-7H2;7-9H,1-6H2;3-7H,1-2H3;2*6H,1-5H2;1-5H;5-6H,1-4H2;5H,1-4H2. The number of hydrogen-bond donors (Lipinski definition) is 21. The molecule has 0 aliphatic carbocycles.